The second-order valence-electron chi connectivity index (χ2n) is 7.08. The lowest BCUT2D eigenvalue weighted by molar-refractivity contribution is -0.166. The summed E-state index contributed by atoms with van der Waals surface area (Å²) in [7, 11) is 0. The lowest BCUT2D eigenvalue weighted by Gasteiger charge is -2.45. The minimum absolute atomic E-state index is 0.217. The third-order valence-corrected chi connectivity index (χ3v) is 4.37. The molecule has 1 heterocycles. The Balaban J connectivity index is 1.67. The Labute approximate surface area is 104 Å². The summed E-state index contributed by atoms with van der Waals surface area (Å²) in [6, 6.07) is 0. The molecule has 1 spiro atoms. The van der Waals surface area contributed by atoms with Gasteiger partial charge in [0.2, 0.25) is 0 Å². The van der Waals surface area contributed by atoms with Gasteiger partial charge in [-0.15, -0.1) is 0 Å². The number of hydrogen-bond acceptors (Lipinski definition) is 2. The van der Waals surface area contributed by atoms with E-state index in [1.165, 1.54) is 19.3 Å². The van der Waals surface area contributed by atoms with Crippen LogP contribution in [0.2, 0.25) is 0 Å². The molecule has 0 amide bonds. The Hall–Kier alpha value is -0.340. The van der Waals surface area contributed by atoms with Gasteiger partial charge in [-0.2, -0.15) is 0 Å². The first-order valence-corrected chi connectivity index (χ1v) is 6.96. The minimum Gasteiger partial charge on any atom is -0.347 e. The van der Waals surface area contributed by atoms with Crippen LogP contribution in [0.15, 0.2) is 11.1 Å². The van der Waals surface area contributed by atoms with Gasteiger partial charge in [-0.1, -0.05) is 31.9 Å². The summed E-state index contributed by atoms with van der Waals surface area (Å²) in [5.41, 5.74) is 3.84. The molecular weight excluding hydrogens is 212 g/mol. The highest BCUT2D eigenvalue weighted by Gasteiger charge is 2.45. The van der Waals surface area contributed by atoms with E-state index in [2.05, 4.69) is 20.8 Å². The number of ether oxygens (including phenoxy) is 2. The van der Waals surface area contributed by atoms with Gasteiger partial charge in [0.15, 0.2) is 5.79 Å². The Morgan fingerprint density at radius 1 is 1.24 bits per heavy atom. The van der Waals surface area contributed by atoms with E-state index in [0.717, 1.165) is 32.0 Å². The van der Waals surface area contributed by atoms with E-state index >= 15 is 0 Å². The van der Waals surface area contributed by atoms with Crippen LogP contribution < -0.4 is 0 Å². The maximum atomic E-state index is 5.81. The van der Waals surface area contributed by atoms with E-state index < -0.39 is 0 Å². The highest BCUT2D eigenvalue weighted by Crippen LogP contribution is 2.52. The molecule has 96 valence electrons. The third kappa shape index (κ3) is 2.17. The van der Waals surface area contributed by atoms with Gasteiger partial charge >= 0.3 is 0 Å². The maximum Gasteiger partial charge on any atom is 0.172 e. The summed E-state index contributed by atoms with van der Waals surface area (Å²) in [5, 5.41) is 0. The molecule has 1 unspecified atom stereocenters. The molecule has 0 saturated carbocycles. The highest BCUT2D eigenvalue weighted by molar-refractivity contribution is 5.32. The average molecular weight is 236 g/mol. The number of allylic oxidation sites excluding steroid dienone is 1. The van der Waals surface area contributed by atoms with Crippen LogP contribution in [0.5, 0.6) is 0 Å². The van der Waals surface area contributed by atoms with Gasteiger partial charge in [0.25, 0.3) is 0 Å². The molecule has 0 bridgehead atoms. The monoisotopic (exact) mass is 236 g/mol. The summed E-state index contributed by atoms with van der Waals surface area (Å²) in [6.07, 6.45) is 5.95. The summed E-state index contributed by atoms with van der Waals surface area (Å²) >= 11 is 0. The van der Waals surface area contributed by atoms with Crippen LogP contribution in [-0.2, 0) is 9.47 Å². The zero-order chi connectivity index (χ0) is 12.1. The van der Waals surface area contributed by atoms with Crippen molar-refractivity contribution in [3.8, 4) is 0 Å². The molecule has 3 rings (SSSR count). The van der Waals surface area contributed by atoms with Gasteiger partial charge in [0, 0.05) is 12.8 Å². The predicted molar refractivity (Wildman–Crippen MR) is 67.7 cm³/mol. The van der Waals surface area contributed by atoms with Gasteiger partial charge in [0.05, 0.1) is 13.2 Å². The Morgan fingerprint density at radius 3 is 2.53 bits per heavy atom. The molecule has 1 atom stereocenters. The summed E-state index contributed by atoms with van der Waals surface area (Å²) in [4.78, 5) is 0. The van der Waals surface area contributed by atoms with Crippen LogP contribution in [0.1, 0.15) is 52.9 Å². The Kier molecular flexibility index (Phi) is 2.64. The zero-order valence-corrected chi connectivity index (χ0v) is 11.3. The van der Waals surface area contributed by atoms with Crippen molar-refractivity contribution < 1.29 is 9.47 Å². The molecule has 1 aliphatic heterocycles. The largest absolute Gasteiger partial charge is 0.347 e. The number of rotatable bonds is 1. The molecule has 17 heavy (non-hydrogen) atoms. The SMILES string of the molecule is CC(C)(C)CC1CC2=C1CCC1(C2)OCCO1. The minimum atomic E-state index is -0.217. The third-order valence-electron chi connectivity index (χ3n) is 4.37. The topological polar surface area (TPSA) is 18.5 Å². The van der Waals surface area contributed by atoms with Crippen LogP contribution >= 0.6 is 0 Å². The van der Waals surface area contributed by atoms with E-state index in [0.29, 0.717) is 5.41 Å². The lowest BCUT2D eigenvalue weighted by atomic mass is 9.64. The number of hydrogen-bond donors (Lipinski definition) is 0. The van der Waals surface area contributed by atoms with Crippen molar-refractivity contribution in [2.75, 3.05) is 13.2 Å². The standard InChI is InChI=1S/C15H24O2/c1-14(2,3)9-11-8-12-10-15(5-4-13(11)12)16-6-7-17-15/h11H,4-10H2,1-3H3. The average Bonchev–Trinajstić information content (AvgIpc) is 2.62. The molecule has 0 aromatic heterocycles. The lowest BCUT2D eigenvalue weighted by Crippen LogP contribution is -2.39. The van der Waals surface area contributed by atoms with Gasteiger partial charge < -0.3 is 9.47 Å². The van der Waals surface area contributed by atoms with E-state index in [1.807, 2.05) is 0 Å². The maximum absolute atomic E-state index is 5.81. The van der Waals surface area contributed by atoms with Crippen molar-refractivity contribution in [2.45, 2.75) is 58.7 Å². The van der Waals surface area contributed by atoms with E-state index in [4.69, 9.17) is 9.47 Å². The molecule has 0 aromatic carbocycles. The molecule has 2 aliphatic carbocycles. The van der Waals surface area contributed by atoms with Crippen molar-refractivity contribution in [1.82, 2.24) is 0 Å². The van der Waals surface area contributed by atoms with Gasteiger partial charge in [-0.3, -0.25) is 0 Å². The molecule has 2 nitrogen and oxygen atoms in total. The fourth-order valence-electron chi connectivity index (χ4n) is 3.69. The normalized spacial score (nSPS) is 31.6. The van der Waals surface area contributed by atoms with E-state index in [9.17, 15) is 0 Å². The molecule has 1 fully saturated rings. The molecule has 2 heteroatoms. The quantitative estimate of drug-likeness (QED) is 0.647. The van der Waals surface area contributed by atoms with Crippen molar-refractivity contribution >= 4 is 0 Å². The van der Waals surface area contributed by atoms with Gasteiger partial charge in [-0.25, -0.2) is 0 Å². The van der Waals surface area contributed by atoms with Crippen molar-refractivity contribution in [2.24, 2.45) is 11.3 Å². The Bertz CT molecular complexity index is 342. The van der Waals surface area contributed by atoms with Crippen molar-refractivity contribution in [3.05, 3.63) is 11.1 Å². The van der Waals surface area contributed by atoms with Gasteiger partial charge in [0.1, 0.15) is 0 Å². The summed E-state index contributed by atoms with van der Waals surface area (Å²) in [6.45, 7) is 8.61. The fourth-order valence-corrected chi connectivity index (χ4v) is 3.69. The summed E-state index contributed by atoms with van der Waals surface area (Å²) < 4.78 is 11.6. The molecular formula is C15H24O2. The van der Waals surface area contributed by atoms with Crippen LogP contribution in [-0.4, -0.2) is 19.0 Å². The first-order valence-electron chi connectivity index (χ1n) is 6.96. The van der Waals surface area contributed by atoms with E-state index in [-0.39, 0.29) is 5.79 Å². The zero-order valence-electron chi connectivity index (χ0n) is 11.3. The smallest absolute Gasteiger partial charge is 0.172 e. The van der Waals surface area contributed by atoms with Crippen LogP contribution in [0.4, 0.5) is 0 Å². The molecule has 3 aliphatic rings. The molecule has 0 aromatic rings. The van der Waals surface area contributed by atoms with Crippen molar-refractivity contribution in [1.29, 1.82) is 0 Å². The summed E-state index contributed by atoms with van der Waals surface area (Å²) in [5.74, 6) is 0.634. The fraction of sp³-hybridized carbons (Fsp3) is 0.867. The van der Waals surface area contributed by atoms with Crippen LogP contribution in [0, 0.1) is 11.3 Å². The van der Waals surface area contributed by atoms with Crippen LogP contribution in [0.25, 0.3) is 0 Å². The molecule has 0 radical (unpaired) electrons. The van der Waals surface area contributed by atoms with E-state index in [1.54, 1.807) is 11.1 Å². The molecule has 1 saturated heterocycles. The highest BCUT2D eigenvalue weighted by atomic mass is 16.7. The predicted octanol–water partition coefficient (Wildman–Crippen LogP) is 3.67. The van der Waals surface area contributed by atoms with Crippen molar-refractivity contribution in [3.63, 3.8) is 0 Å². The second-order valence-corrected chi connectivity index (χ2v) is 7.08. The Morgan fingerprint density at radius 2 is 1.94 bits per heavy atom. The second kappa shape index (κ2) is 3.83. The van der Waals surface area contributed by atoms with Crippen LogP contribution in [0.3, 0.4) is 0 Å². The first-order chi connectivity index (χ1) is 7.98. The molecule has 0 N–H and O–H groups in total. The van der Waals surface area contributed by atoms with Gasteiger partial charge in [-0.05, 0) is 30.6 Å². The first kappa shape index (κ1) is 11.7.